The fraction of sp³-hybridized carbons (Fsp3) is 0.125. The Balaban J connectivity index is 2.20. The first-order valence-corrected chi connectivity index (χ1v) is 6.51. The summed E-state index contributed by atoms with van der Waals surface area (Å²) in [5.74, 6) is 5.79. The Kier molecular flexibility index (Phi) is 3.41. The average molecular weight is 264 g/mol. The van der Waals surface area contributed by atoms with Crippen LogP contribution in [-0.2, 0) is 0 Å². The van der Waals surface area contributed by atoms with E-state index in [2.05, 4.69) is 34.5 Å². The Morgan fingerprint density at radius 2 is 1.90 bits per heavy atom. The van der Waals surface area contributed by atoms with E-state index in [0.717, 1.165) is 27.6 Å². The quantitative estimate of drug-likeness (QED) is 0.563. The van der Waals surface area contributed by atoms with E-state index in [1.54, 1.807) is 12.4 Å². The number of benzene rings is 1. The van der Waals surface area contributed by atoms with Gasteiger partial charge in [-0.3, -0.25) is 15.8 Å². The number of hydrogen-bond donors (Lipinski definition) is 2. The molecule has 20 heavy (non-hydrogen) atoms. The molecule has 4 nitrogen and oxygen atoms in total. The van der Waals surface area contributed by atoms with Crippen molar-refractivity contribution in [3.8, 4) is 0 Å². The largest absolute Gasteiger partial charge is 0.271 e. The van der Waals surface area contributed by atoms with E-state index in [1.165, 1.54) is 0 Å². The molecular formula is C16H16N4. The van der Waals surface area contributed by atoms with Crippen molar-refractivity contribution >= 4 is 10.9 Å². The molecule has 1 aromatic carbocycles. The number of rotatable bonds is 3. The number of aryl methyl sites for hydroxylation is 1. The minimum absolute atomic E-state index is 0.123. The maximum atomic E-state index is 5.79. The van der Waals surface area contributed by atoms with E-state index in [-0.39, 0.29) is 6.04 Å². The van der Waals surface area contributed by atoms with Crippen molar-refractivity contribution in [2.24, 2.45) is 5.84 Å². The molecule has 0 radical (unpaired) electrons. The van der Waals surface area contributed by atoms with Crippen LogP contribution in [0.5, 0.6) is 0 Å². The number of fused-ring (bicyclic) bond motifs is 1. The molecule has 0 spiro atoms. The van der Waals surface area contributed by atoms with Crippen molar-refractivity contribution in [1.29, 1.82) is 0 Å². The molecule has 0 saturated carbocycles. The van der Waals surface area contributed by atoms with Gasteiger partial charge in [0.1, 0.15) is 0 Å². The minimum atomic E-state index is -0.123. The fourth-order valence-electron chi connectivity index (χ4n) is 2.49. The zero-order valence-corrected chi connectivity index (χ0v) is 11.2. The third kappa shape index (κ3) is 2.15. The molecule has 4 heteroatoms. The molecule has 0 amide bonds. The topological polar surface area (TPSA) is 63.8 Å². The summed E-state index contributed by atoms with van der Waals surface area (Å²) in [5, 5.41) is 1.10. The van der Waals surface area contributed by atoms with Gasteiger partial charge in [-0.25, -0.2) is 5.43 Å². The first-order chi connectivity index (χ1) is 9.81. The predicted octanol–water partition coefficient (Wildman–Crippen LogP) is 2.49. The van der Waals surface area contributed by atoms with Crippen LogP contribution in [0.2, 0.25) is 0 Å². The van der Waals surface area contributed by atoms with Crippen molar-refractivity contribution in [1.82, 2.24) is 15.4 Å². The molecule has 1 unspecified atom stereocenters. The lowest BCUT2D eigenvalue weighted by Crippen LogP contribution is -2.29. The number of nitrogens with one attached hydrogen (secondary N) is 1. The number of nitrogens with two attached hydrogens (primary N) is 1. The smallest absolute Gasteiger partial charge is 0.0753 e. The molecule has 3 rings (SSSR count). The minimum Gasteiger partial charge on any atom is -0.271 e. The summed E-state index contributed by atoms with van der Waals surface area (Å²) in [7, 11) is 0. The molecule has 1 atom stereocenters. The van der Waals surface area contributed by atoms with Gasteiger partial charge >= 0.3 is 0 Å². The second-order valence-electron chi connectivity index (χ2n) is 4.75. The molecule has 0 saturated heterocycles. The third-order valence-electron chi connectivity index (χ3n) is 3.53. The van der Waals surface area contributed by atoms with Crippen LogP contribution < -0.4 is 11.3 Å². The maximum Gasteiger partial charge on any atom is 0.0753 e. The number of para-hydroxylation sites is 1. The number of hydrogen-bond acceptors (Lipinski definition) is 4. The van der Waals surface area contributed by atoms with Crippen LogP contribution >= 0.6 is 0 Å². The first kappa shape index (κ1) is 12.7. The second kappa shape index (κ2) is 5.36. The summed E-state index contributed by atoms with van der Waals surface area (Å²) in [6.07, 6.45) is 5.44. The molecule has 0 aliphatic rings. The monoisotopic (exact) mass is 264 g/mol. The maximum absolute atomic E-state index is 5.79. The van der Waals surface area contributed by atoms with Gasteiger partial charge < -0.3 is 0 Å². The number of hydrazine groups is 1. The Bertz CT molecular complexity index is 734. The molecule has 2 heterocycles. The van der Waals surface area contributed by atoms with Gasteiger partial charge in [0.25, 0.3) is 0 Å². The molecule has 0 aliphatic heterocycles. The van der Waals surface area contributed by atoms with Crippen LogP contribution in [0.25, 0.3) is 10.9 Å². The van der Waals surface area contributed by atoms with Crippen molar-refractivity contribution in [3.63, 3.8) is 0 Å². The van der Waals surface area contributed by atoms with Crippen molar-refractivity contribution in [2.45, 2.75) is 13.0 Å². The van der Waals surface area contributed by atoms with Gasteiger partial charge in [0.05, 0.1) is 11.6 Å². The Labute approximate surface area is 117 Å². The summed E-state index contributed by atoms with van der Waals surface area (Å²) in [4.78, 5) is 8.69. The zero-order chi connectivity index (χ0) is 13.9. The summed E-state index contributed by atoms with van der Waals surface area (Å²) in [6.45, 7) is 2.06. The number of aromatic nitrogens is 2. The van der Waals surface area contributed by atoms with Crippen molar-refractivity contribution < 1.29 is 0 Å². The normalized spacial score (nSPS) is 12.5. The zero-order valence-electron chi connectivity index (χ0n) is 11.2. The van der Waals surface area contributed by atoms with Crippen LogP contribution in [0.3, 0.4) is 0 Å². The lowest BCUT2D eigenvalue weighted by atomic mass is 9.95. The Morgan fingerprint density at radius 3 is 2.70 bits per heavy atom. The van der Waals surface area contributed by atoms with Crippen molar-refractivity contribution in [2.75, 3.05) is 0 Å². The van der Waals surface area contributed by atoms with E-state index in [4.69, 9.17) is 5.84 Å². The Morgan fingerprint density at radius 1 is 1.05 bits per heavy atom. The van der Waals surface area contributed by atoms with E-state index in [1.807, 2.05) is 30.5 Å². The SMILES string of the molecule is Cc1ccncc1C(NN)c1cccc2cccnc12. The van der Waals surface area contributed by atoms with Gasteiger partial charge in [-0.05, 0) is 30.2 Å². The molecule has 100 valence electrons. The van der Waals surface area contributed by atoms with Crippen LogP contribution in [0.4, 0.5) is 0 Å². The number of nitrogens with zero attached hydrogens (tertiary/aromatic N) is 2. The molecule has 3 N–H and O–H groups in total. The van der Waals surface area contributed by atoms with Crippen LogP contribution in [0.15, 0.2) is 55.0 Å². The fourth-order valence-corrected chi connectivity index (χ4v) is 2.49. The highest BCUT2D eigenvalue weighted by molar-refractivity contribution is 5.82. The summed E-state index contributed by atoms with van der Waals surface area (Å²) < 4.78 is 0. The van der Waals surface area contributed by atoms with Gasteiger partial charge in [0.15, 0.2) is 0 Å². The third-order valence-corrected chi connectivity index (χ3v) is 3.53. The number of pyridine rings is 2. The van der Waals surface area contributed by atoms with Crippen LogP contribution in [0.1, 0.15) is 22.7 Å². The molecule has 0 bridgehead atoms. The first-order valence-electron chi connectivity index (χ1n) is 6.51. The standard InChI is InChI=1S/C16H16N4/c1-11-7-9-18-10-14(11)16(20-17)13-6-2-4-12-5-3-8-19-15(12)13/h2-10,16,20H,17H2,1H3. The summed E-state index contributed by atoms with van der Waals surface area (Å²) >= 11 is 0. The van der Waals surface area contributed by atoms with E-state index >= 15 is 0 Å². The molecule has 2 aromatic heterocycles. The van der Waals surface area contributed by atoms with E-state index in [9.17, 15) is 0 Å². The van der Waals surface area contributed by atoms with Crippen LogP contribution in [0, 0.1) is 6.92 Å². The van der Waals surface area contributed by atoms with Crippen LogP contribution in [-0.4, -0.2) is 9.97 Å². The van der Waals surface area contributed by atoms with E-state index in [0.29, 0.717) is 0 Å². The van der Waals surface area contributed by atoms with Gasteiger partial charge in [-0.1, -0.05) is 24.3 Å². The van der Waals surface area contributed by atoms with Gasteiger partial charge in [-0.15, -0.1) is 0 Å². The van der Waals surface area contributed by atoms with Gasteiger partial charge in [-0.2, -0.15) is 0 Å². The molecule has 0 aliphatic carbocycles. The highest BCUT2D eigenvalue weighted by Gasteiger charge is 2.17. The molecule has 0 fully saturated rings. The summed E-state index contributed by atoms with van der Waals surface area (Å²) in [6, 6.07) is 12.0. The average Bonchev–Trinajstić information content (AvgIpc) is 2.50. The van der Waals surface area contributed by atoms with Gasteiger partial charge in [0, 0.05) is 29.5 Å². The summed E-state index contributed by atoms with van der Waals surface area (Å²) in [5.41, 5.74) is 7.12. The molecular weight excluding hydrogens is 248 g/mol. The van der Waals surface area contributed by atoms with Crippen molar-refractivity contribution in [3.05, 3.63) is 71.7 Å². The predicted molar refractivity (Wildman–Crippen MR) is 79.9 cm³/mol. The lowest BCUT2D eigenvalue weighted by molar-refractivity contribution is 0.634. The molecule has 3 aromatic rings. The lowest BCUT2D eigenvalue weighted by Gasteiger charge is -2.19. The highest BCUT2D eigenvalue weighted by Crippen LogP contribution is 2.28. The van der Waals surface area contributed by atoms with E-state index < -0.39 is 0 Å². The highest BCUT2D eigenvalue weighted by atomic mass is 15.2. The second-order valence-corrected chi connectivity index (χ2v) is 4.75. The van der Waals surface area contributed by atoms with Gasteiger partial charge in [0.2, 0.25) is 0 Å². The Hall–Kier alpha value is -2.30.